The molecule has 8 nitrogen and oxygen atoms in total. The van der Waals surface area contributed by atoms with Crippen LogP contribution < -0.4 is 10.2 Å². The smallest absolute Gasteiger partial charge is 0.222 e. The van der Waals surface area contributed by atoms with Crippen LogP contribution >= 0.6 is 0 Å². The molecule has 1 amide bonds. The van der Waals surface area contributed by atoms with E-state index < -0.39 is 0 Å². The molecule has 0 saturated carbocycles. The van der Waals surface area contributed by atoms with E-state index in [9.17, 15) is 4.79 Å². The molecule has 1 saturated heterocycles. The summed E-state index contributed by atoms with van der Waals surface area (Å²) in [6.07, 6.45) is 13.2. The summed E-state index contributed by atoms with van der Waals surface area (Å²) in [7, 11) is 0. The molecule has 0 aliphatic carbocycles. The average molecular weight is 443 g/mol. The fourth-order valence-electron chi connectivity index (χ4n) is 4.07. The quantitative estimate of drug-likeness (QED) is 0.479. The van der Waals surface area contributed by atoms with Gasteiger partial charge in [0.1, 0.15) is 11.6 Å². The third-order valence-electron chi connectivity index (χ3n) is 5.81. The molecule has 1 unspecified atom stereocenters. The van der Waals surface area contributed by atoms with Gasteiger partial charge in [0.2, 0.25) is 5.91 Å². The Hall–Kier alpha value is -2.48. The summed E-state index contributed by atoms with van der Waals surface area (Å²) in [5.41, 5.74) is 0.965. The van der Waals surface area contributed by atoms with Crippen molar-refractivity contribution in [3.8, 4) is 0 Å². The number of unbranched alkanes of at least 4 members (excludes halogenated alkanes) is 1. The molecular weight excluding hydrogens is 404 g/mol. The van der Waals surface area contributed by atoms with E-state index in [-0.39, 0.29) is 11.9 Å². The third-order valence-corrected chi connectivity index (χ3v) is 5.81. The first-order chi connectivity index (χ1) is 15.7. The summed E-state index contributed by atoms with van der Waals surface area (Å²) in [6.45, 7) is 8.09. The van der Waals surface area contributed by atoms with Crippen molar-refractivity contribution in [1.82, 2.24) is 24.8 Å². The summed E-state index contributed by atoms with van der Waals surface area (Å²) >= 11 is 0. The maximum atomic E-state index is 12.6. The monoisotopic (exact) mass is 442 g/mol. The van der Waals surface area contributed by atoms with Gasteiger partial charge in [-0.05, 0) is 39.0 Å². The summed E-state index contributed by atoms with van der Waals surface area (Å²) in [5.74, 6) is 1.90. The number of amides is 1. The zero-order chi connectivity index (χ0) is 22.6. The minimum atomic E-state index is 0.113. The van der Waals surface area contributed by atoms with Crippen molar-refractivity contribution in [3.63, 3.8) is 0 Å². The fraction of sp³-hybridized carbons (Fsp3) is 0.667. The highest BCUT2D eigenvalue weighted by molar-refractivity contribution is 5.77. The van der Waals surface area contributed by atoms with Gasteiger partial charge in [-0.1, -0.05) is 13.3 Å². The van der Waals surface area contributed by atoms with E-state index in [0.29, 0.717) is 19.6 Å². The van der Waals surface area contributed by atoms with Crippen LogP contribution in [0.25, 0.3) is 0 Å². The lowest BCUT2D eigenvalue weighted by Gasteiger charge is -2.36. The lowest BCUT2D eigenvalue weighted by Crippen LogP contribution is -2.43. The van der Waals surface area contributed by atoms with E-state index in [1.54, 1.807) is 6.20 Å². The normalized spacial score (nSPS) is 16.3. The first-order valence-corrected chi connectivity index (χ1v) is 12.1. The summed E-state index contributed by atoms with van der Waals surface area (Å²) < 4.78 is 7.60. The zero-order valence-electron chi connectivity index (χ0n) is 19.6. The Labute approximate surface area is 191 Å². The number of imidazole rings is 1. The van der Waals surface area contributed by atoms with Crippen LogP contribution in [0.4, 0.5) is 5.82 Å². The Kier molecular flexibility index (Phi) is 9.94. The molecule has 32 heavy (non-hydrogen) atoms. The van der Waals surface area contributed by atoms with Crippen molar-refractivity contribution in [1.29, 1.82) is 0 Å². The van der Waals surface area contributed by atoms with Crippen LogP contribution in [0, 0.1) is 6.92 Å². The molecule has 2 aromatic heterocycles. The first-order valence-electron chi connectivity index (χ1n) is 12.1. The van der Waals surface area contributed by atoms with Crippen LogP contribution in [0.5, 0.6) is 0 Å². The SMILES string of the molecule is CCCCOCCCNC(=O)CC1CCCCN1c1cc(C)nc(CCn2ccnc2)n1. The number of nitrogens with one attached hydrogen (secondary N) is 1. The van der Waals surface area contributed by atoms with Crippen LogP contribution in [-0.4, -0.2) is 57.8 Å². The van der Waals surface area contributed by atoms with E-state index in [1.807, 2.05) is 30.1 Å². The lowest BCUT2D eigenvalue weighted by molar-refractivity contribution is -0.121. The zero-order valence-corrected chi connectivity index (χ0v) is 19.6. The highest BCUT2D eigenvalue weighted by atomic mass is 16.5. The number of hydrogen-bond acceptors (Lipinski definition) is 6. The number of carbonyl (C=O) groups excluding carboxylic acids is 1. The minimum Gasteiger partial charge on any atom is -0.381 e. The molecule has 2 aromatic rings. The number of anilines is 1. The highest BCUT2D eigenvalue weighted by Crippen LogP contribution is 2.26. The molecule has 3 heterocycles. The molecule has 1 fully saturated rings. The van der Waals surface area contributed by atoms with Gasteiger partial charge in [0.25, 0.3) is 0 Å². The van der Waals surface area contributed by atoms with E-state index in [2.05, 4.69) is 27.1 Å². The Balaban J connectivity index is 1.52. The maximum Gasteiger partial charge on any atom is 0.222 e. The van der Waals surface area contributed by atoms with Crippen LogP contribution in [0.2, 0.25) is 0 Å². The van der Waals surface area contributed by atoms with E-state index >= 15 is 0 Å². The molecular formula is C24H38N6O2. The average Bonchev–Trinajstić information content (AvgIpc) is 3.31. The van der Waals surface area contributed by atoms with Crippen LogP contribution in [0.1, 0.15) is 63.4 Å². The highest BCUT2D eigenvalue weighted by Gasteiger charge is 2.26. The second-order valence-electron chi connectivity index (χ2n) is 8.55. The first kappa shape index (κ1) is 24.2. The number of carbonyl (C=O) groups is 1. The van der Waals surface area contributed by atoms with Gasteiger partial charge in [-0.15, -0.1) is 0 Å². The molecule has 176 valence electrons. The van der Waals surface area contributed by atoms with Crippen molar-refractivity contribution in [2.75, 3.05) is 31.2 Å². The van der Waals surface area contributed by atoms with Crippen molar-refractivity contribution in [3.05, 3.63) is 36.3 Å². The number of rotatable bonds is 13. The van der Waals surface area contributed by atoms with E-state index in [0.717, 1.165) is 82.0 Å². The lowest BCUT2D eigenvalue weighted by atomic mass is 9.99. The van der Waals surface area contributed by atoms with E-state index in [4.69, 9.17) is 9.72 Å². The second-order valence-corrected chi connectivity index (χ2v) is 8.55. The molecule has 1 aliphatic heterocycles. The molecule has 0 bridgehead atoms. The fourth-order valence-corrected chi connectivity index (χ4v) is 4.07. The molecule has 1 N–H and O–H groups in total. The minimum absolute atomic E-state index is 0.113. The summed E-state index contributed by atoms with van der Waals surface area (Å²) in [6, 6.07) is 2.23. The van der Waals surface area contributed by atoms with Crippen molar-refractivity contribution < 1.29 is 9.53 Å². The molecule has 1 aliphatic rings. The Bertz CT molecular complexity index is 811. The predicted molar refractivity (Wildman–Crippen MR) is 126 cm³/mol. The van der Waals surface area contributed by atoms with Gasteiger partial charge >= 0.3 is 0 Å². The number of aryl methyl sites for hydroxylation is 3. The predicted octanol–water partition coefficient (Wildman–Crippen LogP) is 3.30. The number of aromatic nitrogens is 4. The van der Waals surface area contributed by atoms with Gasteiger partial charge in [0, 0.05) is 75.9 Å². The van der Waals surface area contributed by atoms with E-state index in [1.165, 1.54) is 0 Å². The number of nitrogens with zero attached hydrogens (tertiary/aromatic N) is 5. The largest absolute Gasteiger partial charge is 0.381 e. The molecule has 3 rings (SSSR count). The third kappa shape index (κ3) is 7.89. The van der Waals surface area contributed by atoms with Crippen molar-refractivity contribution >= 4 is 11.7 Å². The number of piperidine rings is 1. The summed E-state index contributed by atoms with van der Waals surface area (Å²) in [5, 5.41) is 3.06. The van der Waals surface area contributed by atoms with Gasteiger partial charge in [0.05, 0.1) is 6.33 Å². The van der Waals surface area contributed by atoms with Gasteiger partial charge in [-0.3, -0.25) is 4.79 Å². The van der Waals surface area contributed by atoms with Crippen molar-refractivity contribution in [2.24, 2.45) is 0 Å². The maximum absolute atomic E-state index is 12.6. The van der Waals surface area contributed by atoms with Crippen LogP contribution in [0.15, 0.2) is 24.8 Å². The molecule has 0 radical (unpaired) electrons. The Morgan fingerprint density at radius 1 is 1.25 bits per heavy atom. The number of hydrogen-bond donors (Lipinski definition) is 1. The number of ether oxygens (including phenoxy) is 1. The molecule has 8 heteroatoms. The Morgan fingerprint density at radius 3 is 2.94 bits per heavy atom. The van der Waals surface area contributed by atoms with Gasteiger partial charge < -0.3 is 19.5 Å². The molecule has 0 aromatic carbocycles. The second kappa shape index (κ2) is 13.2. The van der Waals surface area contributed by atoms with Crippen molar-refractivity contribution in [2.45, 2.75) is 77.8 Å². The molecule has 1 atom stereocenters. The molecule has 0 spiro atoms. The van der Waals surface area contributed by atoms with Crippen LogP contribution in [-0.2, 0) is 22.5 Å². The Morgan fingerprint density at radius 2 is 2.12 bits per heavy atom. The topological polar surface area (TPSA) is 85.2 Å². The van der Waals surface area contributed by atoms with Gasteiger partial charge in [0.15, 0.2) is 0 Å². The van der Waals surface area contributed by atoms with Gasteiger partial charge in [-0.25, -0.2) is 15.0 Å². The van der Waals surface area contributed by atoms with Gasteiger partial charge in [-0.2, -0.15) is 0 Å². The summed E-state index contributed by atoms with van der Waals surface area (Å²) in [4.78, 5) is 28.5. The standard InChI is InChI=1S/C24H38N6O2/c1-3-4-15-32-16-7-10-26-24(31)18-21-8-5-6-12-30(21)23-17-20(2)27-22(28-23)9-13-29-14-11-25-19-29/h11,14,17,19,21H,3-10,12-13,15-16,18H2,1-2H3,(H,26,31). The van der Waals surface area contributed by atoms with Crippen LogP contribution in [0.3, 0.4) is 0 Å².